The molecule has 144 valence electrons. The summed E-state index contributed by atoms with van der Waals surface area (Å²) in [5, 5.41) is 13.3. The van der Waals surface area contributed by atoms with E-state index in [-0.39, 0.29) is 10.7 Å². The topological polar surface area (TPSA) is 82.5 Å². The first-order valence-electron chi connectivity index (χ1n) is 8.39. The second kappa shape index (κ2) is 7.82. The lowest BCUT2D eigenvalue weighted by Crippen LogP contribution is -2.34. The van der Waals surface area contributed by atoms with Crippen molar-refractivity contribution in [1.82, 2.24) is 9.88 Å². The van der Waals surface area contributed by atoms with Gasteiger partial charge in [-0.05, 0) is 36.6 Å². The summed E-state index contributed by atoms with van der Waals surface area (Å²) in [4.78, 5) is 29.8. The number of aromatic nitrogens is 1. The molecular weight excluding hydrogens is 385 g/mol. The Morgan fingerprint density at radius 2 is 1.93 bits per heavy atom. The Labute approximate surface area is 165 Å². The summed E-state index contributed by atoms with van der Waals surface area (Å²) < 4.78 is 13.3. The second-order valence-corrected chi connectivity index (χ2v) is 6.68. The lowest BCUT2D eigenvalue weighted by Gasteiger charge is -2.25. The number of hydrogen-bond donors (Lipinski definition) is 2. The van der Waals surface area contributed by atoms with Gasteiger partial charge in [0.2, 0.25) is 0 Å². The number of carboxylic acids is 1. The highest BCUT2D eigenvalue weighted by Crippen LogP contribution is 2.25. The normalized spacial score (nSPS) is 11.9. The van der Waals surface area contributed by atoms with Crippen molar-refractivity contribution in [2.45, 2.75) is 13.0 Å². The van der Waals surface area contributed by atoms with Crippen molar-refractivity contribution >= 4 is 40.1 Å². The first kappa shape index (κ1) is 19.6. The van der Waals surface area contributed by atoms with Gasteiger partial charge in [0.1, 0.15) is 5.82 Å². The third kappa shape index (κ3) is 3.89. The van der Waals surface area contributed by atoms with Crippen LogP contribution in [0.2, 0.25) is 5.02 Å². The molecule has 0 radical (unpaired) electrons. The van der Waals surface area contributed by atoms with E-state index in [4.69, 9.17) is 11.6 Å². The third-order valence-corrected chi connectivity index (χ3v) is 4.75. The molecule has 1 unspecified atom stereocenters. The van der Waals surface area contributed by atoms with Crippen LogP contribution in [0.25, 0.3) is 10.8 Å². The van der Waals surface area contributed by atoms with Crippen LogP contribution in [0, 0.1) is 5.82 Å². The van der Waals surface area contributed by atoms with Gasteiger partial charge in [0.25, 0.3) is 0 Å². The van der Waals surface area contributed by atoms with Crippen LogP contribution in [0.15, 0.2) is 48.5 Å². The zero-order valence-electron chi connectivity index (χ0n) is 15.1. The highest BCUT2D eigenvalue weighted by Gasteiger charge is 2.22. The molecule has 1 aromatic heterocycles. The number of urea groups is 1. The molecule has 1 atom stereocenters. The van der Waals surface area contributed by atoms with Crippen LogP contribution in [0.5, 0.6) is 0 Å². The molecule has 2 N–H and O–H groups in total. The number of carbonyl (C=O) groups excluding carboxylic acids is 1. The van der Waals surface area contributed by atoms with E-state index in [1.165, 1.54) is 17.0 Å². The minimum atomic E-state index is -1.14. The maximum Gasteiger partial charge on any atom is 0.355 e. The maximum absolute atomic E-state index is 13.3. The monoisotopic (exact) mass is 401 g/mol. The average Bonchev–Trinajstić information content (AvgIpc) is 2.68. The highest BCUT2D eigenvalue weighted by atomic mass is 35.5. The Kier molecular flexibility index (Phi) is 5.46. The largest absolute Gasteiger partial charge is 0.476 e. The smallest absolute Gasteiger partial charge is 0.355 e. The molecule has 0 saturated carbocycles. The molecule has 3 rings (SSSR count). The number of amides is 2. The number of aromatic carboxylic acids is 1. The van der Waals surface area contributed by atoms with Gasteiger partial charge in [0, 0.05) is 18.1 Å². The van der Waals surface area contributed by atoms with Crippen LogP contribution >= 0.6 is 11.6 Å². The van der Waals surface area contributed by atoms with E-state index in [1.54, 1.807) is 44.3 Å². The Bertz CT molecular complexity index is 1070. The molecule has 6 nitrogen and oxygen atoms in total. The number of fused-ring (bicyclic) bond motifs is 1. The molecule has 3 aromatic rings. The van der Waals surface area contributed by atoms with Crippen molar-refractivity contribution < 1.29 is 19.1 Å². The third-order valence-electron chi connectivity index (χ3n) is 4.46. The van der Waals surface area contributed by atoms with E-state index in [0.717, 1.165) is 11.5 Å². The summed E-state index contributed by atoms with van der Waals surface area (Å²) in [6.07, 6.45) is 0. The molecule has 0 spiro atoms. The zero-order valence-corrected chi connectivity index (χ0v) is 15.9. The van der Waals surface area contributed by atoms with Gasteiger partial charge in [-0.25, -0.2) is 19.0 Å². The van der Waals surface area contributed by atoms with Crippen molar-refractivity contribution in [1.29, 1.82) is 0 Å². The van der Waals surface area contributed by atoms with E-state index in [1.807, 2.05) is 0 Å². The van der Waals surface area contributed by atoms with Gasteiger partial charge < -0.3 is 15.3 Å². The SMILES string of the molecule is CC(c1cc2ccccc2c(C(=O)O)n1)N(C)C(=O)Nc1ccc(F)c(Cl)c1. The molecule has 0 aliphatic heterocycles. The molecule has 0 fully saturated rings. The van der Waals surface area contributed by atoms with Gasteiger partial charge in [0.15, 0.2) is 5.69 Å². The molecule has 0 saturated heterocycles. The van der Waals surface area contributed by atoms with Crippen LogP contribution in [-0.2, 0) is 0 Å². The van der Waals surface area contributed by atoms with E-state index < -0.39 is 23.9 Å². The summed E-state index contributed by atoms with van der Waals surface area (Å²) in [6, 6.07) is 11.7. The second-order valence-electron chi connectivity index (χ2n) is 6.27. The molecular formula is C20H17ClFN3O3. The number of benzene rings is 2. The number of carbonyl (C=O) groups is 2. The predicted octanol–water partition coefficient (Wildman–Crippen LogP) is 4.95. The Morgan fingerprint density at radius 1 is 1.21 bits per heavy atom. The summed E-state index contributed by atoms with van der Waals surface area (Å²) in [5.41, 5.74) is 0.707. The van der Waals surface area contributed by atoms with E-state index in [0.29, 0.717) is 16.8 Å². The first-order valence-corrected chi connectivity index (χ1v) is 8.77. The van der Waals surface area contributed by atoms with Crippen molar-refractivity contribution in [2.24, 2.45) is 0 Å². The molecule has 2 aromatic carbocycles. The molecule has 28 heavy (non-hydrogen) atoms. The fourth-order valence-electron chi connectivity index (χ4n) is 2.76. The maximum atomic E-state index is 13.3. The number of carboxylic acid groups (broad SMARTS) is 1. The number of halogens is 2. The number of nitrogens with one attached hydrogen (secondary N) is 1. The van der Waals surface area contributed by atoms with Gasteiger partial charge >= 0.3 is 12.0 Å². The molecule has 8 heteroatoms. The number of nitrogens with zero attached hydrogens (tertiary/aromatic N) is 2. The van der Waals surface area contributed by atoms with Crippen molar-refractivity contribution in [3.8, 4) is 0 Å². The summed E-state index contributed by atoms with van der Waals surface area (Å²) in [5.74, 6) is -1.72. The minimum Gasteiger partial charge on any atom is -0.476 e. The van der Waals surface area contributed by atoms with Crippen molar-refractivity contribution in [3.05, 3.63) is 70.8 Å². The van der Waals surface area contributed by atoms with E-state index in [9.17, 15) is 19.1 Å². The van der Waals surface area contributed by atoms with Gasteiger partial charge in [-0.3, -0.25) is 0 Å². The fraction of sp³-hybridized carbons (Fsp3) is 0.150. The van der Waals surface area contributed by atoms with Crippen LogP contribution in [0.3, 0.4) is 0 Å². The molecule has 0 aliphatic carbocycles. The summed E-state index contributed by atoms with van der Waals surface area (Å²) in [6.45, 7) is 1.74. The number of hydrogen-bond acceptors (Lipinski definition) is 3. The fourth-order valence-corrected chi connectivity index (χ4v) is 2.94. The first-order chi connectivity index (χ1) is 13.3. The predicted molar refractivity (Wildman–Crippen MR) is 105 cm³/mol. The number of pyridine rings is 1. The van der Waals surface area contributed by atoms with E-state index in [2.05, 4.69) is 10.3 Å². The van der Waals surface area contributed by atoms with Crippen LogP contribution in [0.1, 0.15) is 29.1 Å². The molecule has 0 bridgehead atoms. The quantitative estimate of drug-likeness (QED) is 0.648. The highest BCUT2D eigenvalue weighted by molar-refractivity contribution is 6.31. The molecule has 1 heterocycles. The lowest BCUT2D eigenvalue weighted by atomic mass is 10.1. The molecule has 2 amide bonds. The van der Waals surface area contributed by atoms with Crippen LogP contribution in [0.4, 0.5) is 14.9 Å². The summed E-state index contributed by atoms with van der Waals surface area (Å²) in [7, 11) is 1.56. The number of anilines is 1. The Balaban J connectivity index is 1.88. The van der Waals surface area contributed by atoms with Crippen molar-refractivity contribution in [3.63, 3.8) is 0 Å². The van der Waals surface area contributed by atoms with Crippen molar-refractivity contribution in [2.75, 3.05) is 12.4 Å². The van der Waals surface area contributed by atoms with Gasteiger partial charge in [-0.15, -0.1) is 0 Å². The van der Waals surface area contributed by atoms with Crippen LogP contribution in [-0.4, -0.2) is 34.0 Å². The Hall–Kier alpha value is -3.19. The van der Waals surface area contributed by atoms with E-state index >= 15 is 0 Å². The lowest BCUT2D eigenvalue weighted by molar-refractivity contribution is 0.0692. The summed E-state index contributed by atoms with van der Waals surface area (Å²) >= 11 is 5.73. The number of rotatable bonds is 4. The standard InChI is InChI=1S/C20H17ClFN3O3/c1-11(25(2)20(28)23-13-7-8-16(22)15(21)10-13)17-9-12-5-3-4-6-14(12)18(24-17)19(26)27/h3-11H,1-2H3,(H,23,28)(H,26,27). The van der Waals surface area contributed by atoms with Crippen LogP contribution < -0.4 is 5.32 Å². The van der Waals surface area contributed by atoms with Gasteiger partial charge in [0.05, 0.1) is 16.8 Å². The molecule has 0 aliphatic rings. The van der Waals surface area contributed by atoms with Gasteiger partial charge in [-0.2, -0.15) is 0 Å². The minimum absolute atomic E-state index is 0.0703. The Morgan fingerprint density at radius 3 is 2.61 bits per heavy atom. The average molecular weight is 402 g/mol. The van der Waals surface area contributed by atoms with Gasteiger partial charge in [-0.1, -0.05) is 35.9 Å². The zero-order chi connectivity index (χ0) is 20.4.